The summed E-state index contributed by atoms with van der Waals surface area (Å²) in [6.45, 7) is -0.935. The van der Waals surface area contributed by atoms with E-state index in [0.717, 1.165) is 12.1 Å². The number of nitrogens with one attached hydrogen (secondary N) is 1. The summed E-state index contributed by atoms with van der Waals surface area (Å²) >= 11 is 17.3. The third-order valence-electron chi connectivity index (χ3n) is 3.21. The van der Waals surface area contributed by atoms with Crippen molar-refractivity contribution in [1.82, 2.24) is 9.97 Å². The first kappa shape index (κ1) is 25.0. The highest BCUT2D eigenvalue weighted by atomic mass is 35.5. The molecule has 2 rings (SSSR count). The molecule has 0 saturated carbocycles. The molecule has 0 radical (unpaired) electrons. The van der Waals surface area contributed by atoms with Crippen LogP contribution in [-0.2, 0) is 34.5 Å². The summed E-state index contributed by atoms with van der Waals surface area (Å²) in [5.41, 5.74) is -0.335. The maximum absolute atomic E-state index is 12.3. The van der Waals surface area contributed by atoms with Crippen molar-refractivity contribution in [3.05, 3.63) is 33.7 Å². The van der Waals surface area contributed by atoms with Gasteiger partial charge in [0.05, 0.1) is 22.9 Å². The smallest absolute Gasteiger partial charge is 0.338 e. The molecule has 18 heteroatoms. The van der Waals surface area contributed by atoms with Gasteiger partial charge in [-0.3, -0.25) is 9.11 Å². The van der Waals surface area contributed by atoms with Crippen LogP contribution in [0.1, 0.15) is 0 Å². The zero-order valence-electron chi connectivity index (χ0n) is 14.2. The number of hydrogen-bond donors (Lipinski definition) is 3. The molecule has 0 aliphatic heterocycles. The Kier molecular flexibility index (Phi) is 7.53. The van der Waals surface area contributed by atoms with Gasteiger partial charge in [0.15, 0.2) is 20.8 Å². The van der Waals surface area contributed by atoms with Crippen molar-refractivity contribution in [2.24, 2.45) is 0 Å². The quantitative estimate of drug-likeness (QED) is 0.250. The number of halogens is 3. The molecule has 1 aromatic carbocycles. The van der Waals surface area contributed by atoms with Crippen LogP contribution in [0.15, 0.2) is 28.0 Å². The van der Waals surface area contributed by atoms with E-state index in [1.165, 1.54) is 0 Å². The van der Waals surface area contributed by atoms with Crippen molar-refractivity contribution < 1.29 is 38.5 Å². The third kappa shape index (κ3) is 6.60. The Hall–Kier alpha value is -1.30. The van der Waals surface area contributed by atoms with Gasteiger partial charge >= 0.3 is 10.4 Å². The molecular formula is C12H10Cl3N3O9S3. The summed E-state index contributed by atoms with van der Waals surface area (Å²) in [5.74, 6) is -1.16. The van der Waals surface area contributed by atoms with Crippen LogP contribution in [0, 0.1) is 0 Å². The average molecular weight is 543 g/mol. The van der Waals surface area contributed by atoms with Crippen LogP contribution in [0.4, 0.5) is 11.5 Å². The number of nitrogens with zero attached hydrogens (tertiary/aromatic N) is 2. The van der Waals surface area contributed by atoms with Gasteiger partial charge in [0.1, 0.15) is 9.92 Å². The van der Waals surface area contributed by atoms with Crippen molar-refractivity contribution in [2.45, 2.75) is 9.79 Å². The molecule has 0 atom stereocenters. The Morgan fingerprint density at radius 1 is 1.00 bits per heavy atom. The van der Waals surface area contributed by atoms with Crippen molar-refractivity contribution in [1.29, 1.82) is 0 Å². The molecule has 1 heterocycles. The van der Waals surface area contributed by atoms with E-state index >= 15 is 0 Å². The predicted octanol–water partition coefficient (Wildman–Crippen LogP) is 2.02. The molecule has 2 aromatic rings. The molecule has 0 fully saturated rings. The standard InChI is InChI=1S/C12H10Cl3N3O9S3/c13-9-10(14)17-12(15)18-11(9)16-7-2-1-6(5-8(7)29(21,22)23)28(19,20)4-3-27-30(24,25)26/h1-2,5H,3-4H2,(H,16,17,18)(H,21,22,23)(H,24,25,26). The van der Waals surface area contributed by atoms with Gasteiger partial charge in [-0.25, -0.2) is 17.6 Å². The van der Waals surface area contributed by atoms with Gasteiger partial charge in [-0.15, -0.1) is 0 Å². The molecular weight excluding hydrogens is 533 g/mol. The van der Waals surface area contributed by atoms with Gasteiger partial charge in [-0.2, -0.15) is 21.8 Å². The fourth-order valence-corrected chi connectivity index (χ4v) is 4.76. The van der Waals surface area contributed by atoms with Crippen LogP contribution in [0.25, 0.3) is 0 Å². The van der Waals surface area contributed by atoms with Crippen LogP contribution in [0.5, 0.6) is 0 Å². The van der Waals surface area contributed by atoms with Crippen LogP contribution < -0.4 is 5.32 Å². The maximum atomic E-state index is 12.3. The summed E-state index contributed by atoms with van der Waals surface area (Å²) in [5, 5.41) is 1.62. The average Bonchev–Trinajstić information content (AvgIpc) is 2.57. The zero-order chi connectivity index (χ0) is 22.9. The van der Waals surface area contributed by atoms with Gasteiger partial charge in [0.2, 0.25) is 5.28 Å². The Balaban J connectivity index is 2.46. The Morgan fingerprint density at radius 3 is 2.20 bits per heavy atom. The van der Waals surface area contributed by atoms with Crippen LogP contribution in [0.3, 0.4) is 0 Å². The number of anilines is 2. The highest BCUT2D eigenvalue weighted by molar-refractivity contribution is 7.91. The van der Waals surface area contributed by atoms with E-state index in [0.29, 0.717) is 6.07 Å². The summed E-state index contributed by atoms with van der Waals surface area (Å²) in [6, 6.07) is 2.54. The lowest BCUT2D eigenvalue weighted by Gasteiger charge is -2.13. The van der Waals surface area contributed by atoms with Crippen LogP contribution in [-0.4, -0.2) is 56.7 Å². The second-order valence-electron chi connectivity index (χ2n) is 5.27. The van der Waals surface area contributed by atoms with E-state index in [4.69, 9.17) is 39.4 Å². The van der Waals surface area contributed by atoms with Gasteiger partial charge in [-0.05, 0) is 29.8 Å². The van der Waals surface area contributed by atoms with Gasteiger partial charge in [0, 0.05) is 0 Å². The lowest BCUT2D eigenvalue weighted by Crippen LogP contribution is -2.16. The number of hydrogen-bond acceptors (Lipinski definition) is 10. The highest BCUT2D eigenvalue weighted by Crippen LogP contribution is 2.33. The van der Waals surface area contributed by atoms with Gasteiger partial charge in [0.25, 0.3) is 10.1 Å². The molecule has 0 bridgehead atoms. The van der Waals surface area contributed by atoms with Crippen molar-refractivity contribution >= 4 is 76.7 Å². The second kappa shape index (κ2) is 9.05. The van der Waals surface area contributed by atoms with E-state index in [-0.39, 0.29) is 27.0 Å². The minimum Gasteiger partial charge on any atom is -0.338 e. The van der Waals surface area contributed by atoms with Crippen LogP contribution >= 0.6 is 34.8 Å². The molecule has 1 aromatic heterocycles. The summed E-state index contributed by atoms with van der Waals surface area (Å²) in [7, 11) is -14.1. The fourth-order valence-electron chi connectivity index (χ4n) is 1.98. The molecule has 3 N–H and O–H groups in total. The summed E-state index contributed by atoms with van der Waals surface area (Å²) < 4.78 is 91.0. The molecule has 0 aliphatic carbocycles. The highest BCUT2D eigenvalue weighted by Gasteiger charge is 2.24. The topological polar surface area (TPSA) is 190 Å². The van der Waals surface area contributed by atoms with E-state index in [2.05, 4.69) is 19.5 Å². The normalized spacial score (nSPS) is 12.7. The van der Waals surface area contributed by atoms with E-state index < -0.39 is 52.5 Å². The van der Waals surface area contributed by atoms with Crippen molar-refractivity contribution in [2.75, 3.05) is 17.7 Å². The van der Waals surface area contributed by atoms with E-state index in [9.17, 15) is 29.8 Å². The lowest BCUT2D eigenvalue weighted by atomic mass is 10.3. The van der Waals surface area contributed by atoms with Crippen molar-refractivity contribution in [3.8, 4) is 0 Å². The Labute approximate surface area is 185 Å². The zero-order valence-corrected chi connectivity index (χ0v) is 18.9. The maximum Gasteiger partial charge on any atom is 0.397 e. The molecule has 0 amide bonds. The lowest BCUT2D eigenvalue weighted by molar-refractivity contribution is 0.284. The molecule has 12 nitrogen and oxygen atoms in total. The Morgan fingerprint density at radius 2 is 1.63 bits per heavy atom. The van der Waals surface area contributed by atoms with Gasteiger partial charge in [-0.1, -0.05) is 23.2 Å². The number of rotatable bonds is 8. The largest absolute Gasteiger partial charge is 0.397 e. The van der Waals surface area contributed by atoms with Gasteiger partial charge < -0.3 is 5.32 Å². The Bertz CT molecular complexity index is 1300. The molecule has 166 valence electrons. The molecule has 0 spiro atoms. The predicted molar refractivity (Wildman–Crippen MR) is 106 cm³/mol. The second-order valence-corrected chi connectivity index (χ2v) is 10.9. The summed E-state index contributed by atoms with van der Waals surface area (Å²) in [6.07, 6.45) is 0. The van der Waals surface area contributed by atoms with E-state index in [1.54, 1.807) is 0 Å². The monoisotopic (exact) mass is 541 g/mol. The first-order chi connectivity index (χ1) is 13.6. The number of aromatic nitrogens is 2. The number of benzene rings is 1. The minimum absolute atomic E-state index is 0.233. The minimum atomic E-state index is -4.96. The number of sulfone groups is 1. The molecule has 30 heavy (non-hydrogen) atoms. The van der Waals surface area contributed by atoms with E-state index in [1.807, 2.05) is 0 Å². The third-order valence-corrected chi connectivity index (χ3v) is 7.14. The molecule has 0 aliphatic rings. The first-order valence-electron chi connectivity index (χ1n) is 7.22. The summed E-state index contributed by atoms with van der Waals surface area (Å²) in [4.78, 5) is 5.82. The van der Waals surface area contributed by atoms with Crippen molar-refractivity contribution in [3.63, 3.8) is 0 Å². The van der Waals surface area contributed by atoms with Crippen LogP contribution in [0.2, 0.25) is 15.5 Å². The molecule has 0 saturated heterocycles. The first-order valence-corrected chi connectivity index (χ1v) is 12.8. The fraction of sp³-hybridized carbons (Fsp3) is 0.167. The molecule has 0 unspecified atom stereocenters. The SMILES string of the molecule is O=S(=O)(O)OCCS(=O)(=O)c1ccc(Nc2nc(Cl)nc(Cl)c2Cl)c(S(=O)(=O)O)c1.